The lowest BCUT2D eigenvalue weighted by Crippen LogP contribution is -2.11. The number of hydrogen-bond acceptors (Lipinski definition) is 3. The number of carbonyl (C=O) groups excluding carboxylic acids is 1. The van der Waals surface area contributed by atoms with Gasteiger partial charge in [-0.15, -0.1) is 11.3 Å². The first-order valence-corrected chi connectivity index (χ1v) is 9.33. The highest BCUT2D eigenvalue weighted by atomic mass is 79.9. The molecule has 25 heavy (non-hydrogen) atoms. The number of thiazole rings is 1. The van der Waals surface area contributed by atoms with Crippen molar-refractivity contribution in [3.63, 3.8) is 0 Å². The highest BCUT2D eigenvalue weighted by Gasteiger charge is 2.09. The first kappa shape index (κ1) is 16.0. The summed E-state index contributed by atoms with van der Waals surface area (Å²) in [5.74, 6) is -0.131. The number of benzene rings is 3. The average molecular weight is 409 g/mol. The van der Waals surface area contributed by atoms with Crippen LogP contribution < -0.4 is 5.32 Å². The normalized spacial score (nSPS) is 10.8. The Morgan fingerprint density at radius 3 is 2.56 bits per heavy atom. The zero-order chi connectivity index (χ0) is 17.2. The number of halogens is 1. The number of nitrogens with one attached hydrogen (secondary N) is 1. The molecule has 0 bridgehead atoms. The number of carbonyl (C=O) groups is 1. The molecule has 122 valence electrons. The Morgan fingerprint density at radius 2 is 1.76 bits per heavy atom. The van der Waals surface area contributed by atoms with E-state index in [0.29, 0.717) is 5.56 Å². The van der Waals surface area contributed by atoms with Gasteiger partial charge in [-0.05, 0) is 48.5 Å². The lowest BCUT2D eigenvalue weighted by atomic mass is 10.2. The van der Waals surface area contributed by atoms with Crippen molar-refractivity contribution in [3.05, 3.63) is 82.8 Å². The number of rotatable bonds is 3. The van der Waals surface area contributed by atoms with Crippen LogP contribution in [0.4, 0.5) is 5.69 Å². The molecular formula is C20H13BrN2OS. The van der Waals surface area contributed by atoms with Crippen LogP contribution in [0.25, 0.3) is 20.8 Å². The first-order chi connectivity index (χ1) is 12.2. The molecule has 1 heterocycles. The number of aromatic nitrogens is 1. The Bertz CT molecular complexity index is 1020. The predicted octanol–water partition coefficient (Wildman–Crippen LogP) is 5.98. The fourth-order valence-electron chi connectivity index (χ4n) is 2.53. The maximum Gasteiger partial charge on any atom is 0.255 e. The summed E-state index contributed by atoms with van der Waals surface area (Å²) < 4.78 is 2.10. The van der Waals surface area contributed by atoms with Gasteiger partial charge in [-0.3, -0.25) is 4.79 Å². The molecule has 0 aliphatic heterocycles. The van der Waals surface area contributed by atoms with E-state index in [9.17, 15) is 4.79 Å². The maximum absolute atomic E-state index is 12.4. The van der Waals surface area contributed by atoms with Crippen molar-refractivity contribution in [1.29, 1.82) is 0 Å². The van der Waals surface area contributed by atoms with E-state index in [2.05, 4.69) is 32.3 Å². The van der Waals surface area contributed by atoms with Gasteiger partial charge in [-0.25, -0.2) is 4.98 Å². The van der Waals surface area contributed by atoms with Crippen molar-refractivity contribution in [2.75, 3.05) is 5.32 Å². The van der Waals surface area contributed by atoms with Gasteiger partial charge in [0.1, 0.15) is 5.01 Å². The minimum Gasteiger partial charge on any atom is -0.322 e. The Kier molecular flexibility index (Phi) is 4.34. The van der Waals surface area contributed by atoms with Gasteiger partial charge < -0.3 is 5.32 Å². The molecule has 5 heteroatoms. The van der Waals surface area contributed by atoms with Gasteiger partial charge in [0.15, 0.2) is 0 Å². The van der Waals surface area contributed by atoms with Crippen LogP contribution in [0.2, 0.25) is 0 Å². The molecule has 3 aromatic carbocycles. The smallest absolute Gasteiger partial charge is 0.255 e. The third-order valence-corrected chi connectivity index (χ3v) is 5.38. The molecule has 1 aromatic heterocycles. The van der Waals surface area contributed by atoms with E-state index >= 15 is 0 Å². The standard InChI is InChI=1S/C20H13BrN2OS/c21-15-10-8-13(9-11-15)19(24)22-16-5-3-4-14(12-16)20-23-17-6-1-2-7-18(17)25-20/h1-12H,(H,22,24). The molecule has 0 aliphatic carbocycles. The van der Waals surface area contributed by atoms with E-state index in [-0.39, 0.29) is 5.91 Å². The Labute approximate surface area is 157 Å². The van der Waals surface area contributed by atoms with Crippen molar-refractivity contribution >= 4 is 49.1 Å². The van der Waals surface area contributed by atoms with Crippen LogP contribution in [0.5, 0.6) is 0 Å². The van der Waals surface area contributed by atoms with Gasteiger partial charge in [0.05, 0.1) is 10.2 Å². The van der Waals surface area contributed by atoms with Gasteiger partial charge >= 0.3 is 0 Å². The van der Waals surface area contributed by atoms with Crippen LogP contribution in [-0.4, -0.2) is 10.9 Å². The monoisotopic (exact) mass is 408 g/mol. The number of fused-ring (bicyclic) bond motifs is 1. The molecule has 4 aromatic rings. The van der Waals surface area contributed by atoms with Crippen molar-refractivity contribution in [3.8, 4) is 10.6 Å². The fourth-order valence-corrected chi connectivity index (χ4v) is 3.76. The van der Waals surface area contributed by atoms with Gasteiger partial charge in [-0.2, -0.15) is 0 Å². The molecule has 0 fully saturated rings. The third-order valence-electron chi connectivity index (χ3n) is 3.77. The summed E-state index contributed by atoms with van der Waals surface area (Å²) in [6, 6.07) is 23.1. The van der Waals surface area contributed by atoms with Crippen LogP contribution in [0.15, 0.2) is 77.3 Å². The summed E-state index contributed by atoms with van der Waals surface area (Å²) in [4.78, 5) is 17.0. The minimum atomic E-state index is -0.131. The molecule has 0 aliphatic rings. The SMILES string of the molecule is O=C(Nc1cccc(-c2nc3ccccc3s2)c1)c1ccc(Br)cc1. The highest BCUT2D eigenvalue weighted by Crippen LogP contribution is 2.31. The number of hydrogen-bond donors (Lipinski definition) is 1. The van der Waals surface area contributed by atoms with Gasteiger partial charge in [-0.1, -0.05) is 40.2 Å². The van der Waals surface area contributed by atoms with E-state index in [1.807, 2.05) is 54.6 Å². The number of anilines is 1. The topological polar surface area (TPSA) is 42.0 Å². The molecule has 0 atom stereocenters. The van der Waals surface area contributed by atoms with E-state index in [1.165, 1.54) is 0 Å². The molecule has 3 nitrogen and oxygen atoms in total. The molecule has 0 unspecified atom stereocenters. The Balaban J connectivity index is 1.60. The lowest BCUT2D eigenvalue weighted by molar-refractivity contribution is 0.102. The van der Waals surface area contributed by atoms with Crippen molar-refractivity contribution in [2.24, 2.45) is 0 Å². The molecule has 0 saturated carbocycles. The predicted molar refractivity (Wildman–Crippen MR) is 107 cm³/mol. The van der Waals surface area contributed by atoms with Crippen LogP contribution >= 0.6 is 27.3 Å². The molecule has 0 saturated heterocycles. The van der Waals surface area contributed by atoms with E-state index < -0.39 is 0 Å². The average Bonchev–Trinajstić information content (AvgIpc) is 3.07. The van der Waals surface area contributed by atoms with Gasteiger partial charge in [0, 0.05) is 21.3 Å². The number of para-hydroxylation sites is 1. The van der Waals surface area contributed by atoms with Crippen molar-refractivity contribution in [1.82, 2.24) is 4.98 Å². The van der Waals surface area contributed by atoms with E-state index in [4.69, 9.17) is 0 Å². The summed E-state index contributed by atoms with van der Waals surface area (Å²) in [6.07, 6.45) is 0. The molecule has 0 radical (unpaired) electrons. The molecule has 1 amide bonds. The molecule has 1 N–H and O–H groups in total. The zero-order valence-electron chi connectivity index (χ0n) is 13.1. The molecule has 4 rings (SSSR count). The largest absolute Gasteiger partial charge is 0.322 e. The van der Waals surface area contributed by atoms with Crippen molar-refractivity contribution < 1.29 is 4.79 Å². The number of amides is 1. The van der Waals surface area contributed by atoms with Crippen LogP contribution in [0, 0.1) is 0 Å². The highest BCUT2D eigenvalue weighted by molar-refractivity contribution is 9.10. The third kappa shape index (κ3) is 3.48. The van der Waals surface area contributed by atoms with Gasteiger partial charge in [0.25, 0.3) is 5.91 Å². The second kappa shape index (κ2) is 6.78. The summed E-state index contributed by atoms with van der Waals surface area (Å²) in [6.45, 7) is 0. The summed E-state index contributed by atoms with van der Waals surface area (Å²) in [7, 11) is 0. The van der Waals surface area contributed by atoms with E-state index in [0.717, 1.165) is 30.9 Å². The Hall–Kier alpha value is -2.50. The van der Waals surface area contributed by atoms with Gasteiger partial charge in [0.2, 0.25) is 0 Å². The quantitative estimate of drug-likeness (QED) is 0.453. The second-order valence-electron chi connectivity index (χ2n) is 5.53. The minimum absolute atomic E-state index is 0.131. The zero-order valence-corrected chi connectivity index (χ0v) is 15.5. The summed E-state index contributed by atoms with van der Waals surface area (Å²) in [5, 5.41) is 3.89. The fraction of sp³-hybridized carbons (Fsp3) is 0. The van der Waals surface area contributed by atoms with Crippen LogP contribution in [-0.2, 0) is 0 Å². The van der Waals surface area contributed by atoms with Crippen LogP contribution in [0.1, 0.15) is 10.4 Å². The molecule has 0 spiro atoms. The Morgan fingerprint density at radius 1 is 0.960 bits per heavy atom. The summed E-state index contributed by atoms with van der Waals surface area (Å²) >= 11 is 5.02. The van der Waals surface area contributed by atoms with E-state index in [1.54, 1.807) is 23.5 Å². The lowest BCUT2D eigenvalue weighted by Gasteiger charge is -2.06. The maximum atomic E-state index is 12.4. The molecular weight excluding hydrogens is 396 g/mol. The van der Waals surface area contributed by atoms with Crippen molar-refractivity contribution in [2.45, 2.75) is 0 Å². The second-order valence-corrected chi connectivity index (χ2v) is 7.47. The first-order valence-electron chi connectivity index (χ1n) is 7.72. The number of nitrogens with zero attached hydrogens (tertiary/aromatic N) is 1. The van der Waals surface area contributed by atoms with Crippen LogP contribution in [0.3, 0.4) is 0 Å². The summed E-state index contributed by atoms with van der Waals surface area (Å²) in [5.41, 5.74) is 3.36.